The summed E-state index contributed by atoms with van der Waals surface area (Å²) in [5.74, 6) is 1.03. The predicted octanol–water partition coefficient (Wildman–Crippen LogP) is 2.81. The molecule has 0 aliphatic carbocycles. The van der Waals surface area contributed by atoms with Crippen LogP contribution < -0.4 is 4.74 Å². The summed E-state index contributed by atoms with van der Waals surface area (Å²) >= 11 is 5.90. The van der Waals surface area contributed by atoms with Crippen molar-refractivity contribution in [2.45, 2.75) is 6.92 Å². The van der Waals surface area contributed by atoms with Crippen molar-refractivity contribution in [3.8, 4) is 17.7 Å². The molecular formula is C13H10ClN5O. The maximum absolute atomic E-state index is 5.90. The van der Waals surface area contributed by atoms with E-state index in [0.29, 0.717) is 11.7 Å². The van der Waals surface area contributed by atoms with E-state index < -0.39 is 0 Å². The Bertz CT molecular complexity index is 729. The molecule has 0 spiro atoms. The minimum Gasteiger partial charge on any atom is -0.424 e. The van der Waals surface area contributed by atoms with Crippen LogP contribution in [0, 0.1) is 6.92 Å². The number of rotatable bonds is 3. The molecule has 3 aromatic rings. The fourth-order valence-electron chi connectivity index (χ4n) is 1.63. The van der Waals surface area contributed by atoms with Crippen molar-refractivity contribution in [2.24, 2.45) is 0 Å². The maximum Gasteiger partial charge on any atom is 0.328 e. The summed E-state index contributed by atoms with van der Waals surface area (Å²) in [5.41, 5.74) is 0.980. The van der Waals surface area contributed by atoms with Gasteiger partial charge in [-0.3, -0.25) is 4.57 Å². The number of para-hydroxylation sites is 1. The van der Waals surface area contributed by atoms with Gasteiger partial charge in [0.05, 0.1) is 0 Å². The molecule has 0 unspecified atom stereocenters. The van der Waals surface area contributed by atoms with Crippen molar-refractivity contribution < 1.29 is 4.74 Å². The van der Waals surface area contributed by atoms with Gasteiger partial charge < -0.3 is 4.74 Å². The second-order valence-corrected chi connectivity index (χ2v) is 4.36. The first-order valence-corrected chi connectivity index (χ1v) is 6.23. The van der Waals surface area contributed by atoms with E-state index in [2.05, 4.69) is 19.9 Å². The van der Waals surface area contributed by atoms with Gasteiger partial charge in [-0.15, -0.1) is 0 Å². The van der Waals surface area contributed by atoms with Gasteiger partial charge in [-0.2, -0.15) is 15.0 Å². The van der Waals surface area contributed by atoms with Gasteiger partial charge in [0.1, 0.15) is 12.1 Å². The van der Waals surface area contributed by atoms with Gasteiger partial charge in [-0.25, -0.2) is 4.98 Å². The molecule has 20 heavy (non-hydrogen) atoms. The molecule has 2 heterocycles. The van der Waals surface area contributed by atoms with Crippen LogP contribution in [0.1, 0.15) is 5.56 Å². The van der Waals surface area contributed by atoms with E-state index >= 15 is 0 Å². The Kier molecular flexibility index (Phi) is 3.30. The molecule has 0 saturated carbocycles. The lowest BCUT2D eigenvalue weighted by molar-refractivity contribution is 0.435. The second-order valence-electron chi connectivity index (χ2n) is 4.02. The summed E-state index contributed by atoms with van der Waals surface area (Å²) in [5, 5.41) is 0.0623. The largest absolute Gasteiger partial charge is 0.424 e. The van der Waals surface area contributed by atoms with E-state index in [0.717, 1.165) is 5.56 Å². The highest BCUT2D eigenvalue weighted by atomic mass is 35.5. The average Bonchev–Trinajstić information content (AvgIpc) is 2.95. The van der Waals surface area contributed by atoms with Gasteiger partial charge in [-0.05, 0) is 30.2 Å². The molecule has 0 amide bonds. The molecule has 1 aromatic carbocycles. The number of benzene rings is 1. The number of hydrogen-bond acceptors (Lipinski definition) is 5. The van der Waals surface area contributed by atoms with Gasteiger partial charge in [0.15, 0.2) is 0 Å². The topological polar surface area (TPSA) is 65.7 Å². The van der Waals surface area contributed by atoms with Crippen LogP contribution in [-0.2, 0) is 0 Å². The lowest BCUT2D eigenvalue weighted by Crippen LogP contribution is -2.03. The molecule has 0 saturated heterocycles. The molecule has 3 rings (SSSR count). The Balaban J connectivity index is 1.97. The Morgan fingerprint density at radius 1 is 1.15 bits per heavy atom. The van der Waals surface area contributed by atoms with Crippen LogP contribution in [0.2, 0.25) is 5.28 Å². The third-order valence-corrected chi connectivity index (χ3v) is 2.78. The molecular weight excluding hydrogens is 278 g/mol. The van der Waals surface area contributed by atoms with Gasteiger partial charge >= 0.3 is 6.01 Å². The Morgan fingerprint density at radius 3 is 2.75 bits per heavy atom. The number of ether oxygens (including phenoxy) is 1. The van der Waals surface area contributed by atoms with Crippen molar-refractivity contribution >= 4 is 11.6 Å². The van der Waals surface area contributed by atoms with Crippen LogP contribution >= 0.6 is 11.6 Å². The Hall–Kier alpha value is -2.47. The van der Waals surface area contributed by atoms with Crippen molar-refractivity contribution in [2.75, 3.05) is 0 Å². The fourth-order valence-corrected chi connectivity index (χ4v) is 1.78. The molecule has 0 radical (unpaired) electrons. The summed E-state index contributed by atoms with van der Waals surface area (Å²) < 4.78 is 7.27. The van der Waals surface area contributed by atoms with Gasteiger partial charge in [0.25, 0.3) is 0 Å². The molecule has 6 nitrogen and oxygen atoms in total. The van der Waals surface area contributed by atoms with E-state index in [1.165, 1.54) is 0 Å². The first-order chi connectivity index (χ1) is 9.72. The van der Waals surface area contributed by atoms with E-state index in [4.69, 9.17) is 16.3 Å². The van der Waals surface area contributed by atoms with Crippen molar-refractivity contribution in [1.29, 1.82) is 0 Å². The van der Waals surface area contributed by atoms with Gasteiger partial charge in [-0.1, -0.05) is 18.2 Å². The standard InChI is InChI=1S/C13H10ClN5O/c1-9-4-2-3-5-10(9)20-13-17-11(14)16-12(18-13)19-7-6-15-8-19/h2-8H,1H3. The summed E-state index contributed by atoms with van der Waals surface area (Å²) in [4.78, 5) is 16.1. The highest BCUT2D eigenvalue weighted by Gasteiger charge is 2.09. The van der Waals surface area contributed by atoms with Crippen LogP contribution in [-0.4, -0.2) is 24.5 Å². The van der Waals surface area contributed by atoms with E-state index in [1.807, 2.05) is 31.2 Å². The third kappa shape index (κ3) is 2.60. The Labute approximate surface area is 120 Å². The average molecular weight is 288 g/mol. The minimum atomic E-state index is 0.0623. The number of aromatic nitrogens is 5. The highest BCUT2D eigenvalue weighted by molar-refractivity contribution is 6.28. The summed E-state index contributed by atoms with van der Waals surface area (Å²) in [6, 6.07) is 7.73. The zero-order valence-electron chi connectivity index (χ0n) is 10.6. The van der Waals surface area contributed by atoms with Crippen LogP contribution in [0.25, 0.3) is 5.95 Å². The first-order valence-electron chi connectivity index (χ1n) is 5.86. The normalized spacial score (nSPS) is 10.5. The molecule has 0 bridgehead atoms. The lowest BCUT2D eigenvalue weighted by atomic mass is 10.2. The highest BCUT2D eigenvalue weighted by Crippen LogP contribution is 2.22. The minimum absolute atomic E-state index is 0.0623. The van der Waals surface area contributed by atoms with E-state index in [9.17, 15) is 0 Å². The smallest absolute Gasteiger partial charge is 0.328 e. The molecule has 0 atom stereocenters. The van der Waals surface area contributed by atoms with E-state index in [1.54, 1.807) is 23.3 Å². The Morgan fingerprint density at radius 2 is 2.00 bits per heavy atom. The molecule has 0 aliphatic heterocycles. The van der Waals surface area contributed by atoms with Crippen molar-refractivity contribution in [3.05, 3.63) is 53.8 Å². The van der Waals surface area contributed by atoms with Gasteiger partial charge in [0, 0.05) is 12.4 Å². The zero-order chi connectivity index (χ0) is 13.9. The van der Waals surface area contributed by atoms with Crippen molar-refractivity contribution in [1.82, 2.24) is 24.5 Å². The summed E-state index contributed by atoms with van der Waals surface area (Å²) in [7, 11) is 0. The monoisotopic (exact) mass is 287 g/mol. The predicted molar refractivity (Wildman–Crippen MR) is 73.2 cm³/mol. The number of halogens is 1. The maximum atomic E-state index is 5.90. The zero-order valence-corrected chi connectivity index (χ0v) is 11.3. The molecule has 0 aliphatic rings. The molecule has 7 heteroatoms. The van der Waals surface area contributed by atoms with Crippen LogP contribution in [0.15, 0.2) is 43.0 Å². The number of nitrogens with zero attached hydrogens (tertiary/aromatic N) is 5. The SMILES string of the molecule is Cc1ccccc1Oc1nc(Cl)nc(-n2ccnc2)n1. The second kappa shape index (κ2) is 5.26. The van der Waals surface area contributed by atoms with Crippen LogP contribution in [0.3, 0.4) is 0 Å². The van der Waals surface area contributed by atoms with Gasteiger partial charge in [0.2, 0.25) is 11.2 Å². The number of aryl methyl sites for hydroxylation is 1. The van der Waals surface area contributed by atoms with E-state index in [-0.39, 0.29) is 11.3 Å². The quantitative estimate of drug-likeness (QED) is 0.741. The summed E-state index contributed by atoms with van der Waals surface area (Å²) in [6.07, 6.45) is 4.91. The number of imidazole rings is 1. The summed E-state index contributed by atoms with van der Waals surface area (Å²) in [6.45, 7) is 1.94. The molecule has 0 fully saturated rings. The first kappa shape index (κ1) is 12.6. The fraction of sp³-hybridized carbons (Fsp3) is 0.0769. The molecule has 0 N–H and O–H groups in total. The van der Waals surface area contributed by atoms with Crippen molar-refractivity contribution in [3.63, 3.8) is 0 Å². The van der Waals surface area contributed by atoms with Crippen LogP contribution in [0.5, 0.6) is 11.8 Å². The third-order valence-electron chi connectivity index (χ3n) is 2.61. The molecule has 100 valence electrons. The lowest BCUT2D eigenvalue weighted by Gasteiger charge is -2.07. The molecule has 2 aromatic heterocycles. The van der Waals surface area contributed by atoms with Crippen LogP contribution in [0.4, 0.5) is 0 Å². The number of hydrogen-bond donors (Lipinski definition) is 0.